The third-order valence-electron chi connectivity index (χ3n) is 3.58. The molecule has 0 saturated carbocycles. The van der Waals surface area contributed by atoms with Crippen molar-refractivity contribution in [2.45, 2.75) is 45.3 Å². The van der Waals surface area contributed by atoms with Crippen LogP contribution < -0.4 is 5.32 Å². The summed E-state index contributed by atoms with van der Waals surface area (Å²) in [6.45, 7) is 10.6. The highest BCUT2D eigenvalue weighted by Crippen LogP contribution is 2.25. The van der Waals surface area contributed by atoms with Crippen LogP contribution in [-0.4, -0.2) is 43.3 Å². The minimum atomic E-state index is 0.162. The second kappa shape index (κ2) is 6.35. The Kier molecular flexibility index (Phi) is 5.01. The Hall–Kier alpha value is -0.420. The first kappa shape index (κ1) is 15.0. The van der Waals surface area contributed by atoms with Crippen LogP contribution in [0.25, 0.3) is 0 Å². The molecule has 19 heavy (non-hydrogen) atoms. The molecular weight excluding hydrogens is 256 g/mol. The molecule has 0 spiro atoms. The largest absolute Gasteiger partial charge is 0.383 e. The minimum Gasteiger partial charge on any atom is -0.383 e. The van der Waals surface area contributed by atoms with Crippen molar-refractivity contribution < 1.29 is 4.74 Å². The van der Waals surface area contributed by atoms with E-state index in [0.717, 1.165) is 26.2 Å². The Morgan fingerprint density at radius 2 is 2.26 bits per heavy atom. The third-order valence-corrected chi connectivity index (χ3v) is 4.60. The maximum Gasteiger partial charge on any atom is 0.0630 e. The highest BCUT2D eigenvalue weighted by Gasteiger charge is 2.25. The molecular formula is C15H26N2OS. The van der Waals surface area contributed by atoms with Crippen molar-refractivity contribution in [2.24, 2.45) is 0 Å². The quantitative estimate of drug-likeness (QED) is 0.898. The van der Waals surface area contributed by atoms with Gasteiger partial charge in [-0.2, -0.15) is 0 Å². The van der Waals surface area contributed by atoms with Gasteiger partial charge in [-0.05, 0) is 44.2 Å². The van der Waals surface area contributed by atoms with E-state index in [1.54, 1.807) is 12.0 Å². The van der Waals surface area contributed by atoms with E-state index in [1.807, 2.05) is 11.3 Å². The fourth-order valence-corrected chi connectivity index (χ4v) is 3.38. The lowest BCUT2D eigenvalue weighted by Gasteiger charge is -2.36. The van der Waals surface area contributed by atoms with E-state index in [0.29, 0.717) is 6.04 Å². The van der Waals surface area contributed by atoms with Crippen LogP contribution in [0.15, 0.2) is 11.4 Å². The van der Waals surface area contributed by atoms with Crippen LogP contribution in [0.1, 0.15) is 31.2 Å². The molecule has 2 rings (SSSR count). The number of nitrogens with zero attached hydrogens (tertiary/aromatic N) is 1. The summed E-state index contributed by atoms with van der Waals surface area (Å²) >= 11 is 1.90. The fourth-order valence-electron chi connectivity index (χ4n) is 2.49. The number of rotatable bonds is 5. The highest BCUT2D eigenvalue weighted by atomic mass is 32.1. The van der Waals surface area contributed by atoms with Gasteiger partial charge in [0.25, 0.3) is 0 Å². The van der Waals surface area contributed by atoms with Crippen molar-refractivity contribution in [1.29, 1.82) is 0 Å². The highest BCUT2D eigenvalue weighted by molar-refractivity contribution is 7.10. The first-order valence-corrected chi connectivity index (χ1v) is 7.91. The molecule has 0 aliphatic carbocycles. The first-order chi connectivity index (χ1) is 8.99. The molecule has 1 N–H and O–H groups in total. The van der Waals surface area contributed by atoms with E-state index in [4.69, 9.17) is 4.74 Å². The Bertz CT molecular complexity index is 397. The van der Waals surface area contributed by atoms with Gasteiger partial charge in [-0.25, -0.2) is 0 Å². The van der Waals surface area contributed by atoms with Crippen molar-refractivity contribution in [3.05, 3.63) is 21.9 Å². The molecule has 0 bridgehead atoms. The van der Waals surface area contributed by atoms with E-state index in [-0.39, 0.29) is 5.54 Å². The predicted molar refractivity (Wildman–Crippen MR) is 81.9 cm³/mol. The molecule has 1 atom stereocenters. The lowest BCUT2D eigenvalue weighted by molar-refractivity contribution is 0.0775. The van der Waals surface area contributed by atoms with E-state index in [2.05, 4.69) is 42.4 Å². The summed E-state index contributed by atoms with van der Waals surface area (Å²) in [4.78, 5) is 4.12. The lowest BCUT2D eigenvalue weighted by Crippen LogP contribution is -2.50. The zero-order chi connectivity index (χ0) is 13.9. The molecule has 1 aromatic heterocycles. The standard InChI is InChI=1S/C15H26N2OS/c1-15(2,3)16-9-13(11-18-4)17-7-5-14-12(10-17)6-8-19-14/h6,8,13,16H,5,7,9-11H2,1-4H3. The summed E-state index contributed by atoms with van der Waals surface area (Å²) in [6, 6.07) is 2.73. The first-order valence-electron chi connectivity index (χ1n) is 7.03. The number of hydrogen-bond acceptors (Lipinski definition) is 4. The second-order valence-electron chi connectivity index (χ2n) is 6.33. The van der Waals surface area contributed by atoms with Gasteiger partial charge >= 0.3 is 0 Å². The molecule has 1 unspecified atom stereocenters. The van der Waals surface area contributed by atoms with Crippen LogP contribution in [0.4, 0.5) is 0 Å². The van der Waals surface area contributed by atoms with Crippen molar-refractivity contribution in [1.82, 2.24) is 10.2 Å². The van der Waals surface area contributed by atoms with Gasteiger partial charge in [0, 0.05) is 43.2 Å². The van der Waals surface area contributed by atoms with Gasteiger partial charge < -0.3 is 10.1 Å². The fraction of sp³-hybridized carbons (Fsp3) is 0.733. The smallest absolute Gasteiger partial charge is 0.0630 e. The van der Waals surface area contributed by atoms with Gasteiger partial charge in [0.2, 0.25) is 0 Å². The molecule has 0 radical (unpaired) electrons. The molecule has 4 heteroatoms. The number of thiophene rings is 1. The summed E-state index contributed by atoms with van der Waals surface area (Å²) in [6.07, 6.45) is 1.18. The number of ether oxygens (including phenoxy) is 1. The lowest BCUT2D eigenvalue weighted by atomic mass is 10.1. The summed E-state index contributed by atoms with van der Waals surface area (Å²) in [5.41, 5.74) is 1.67. The topological polar surface area (TPSA) is 24.5 Å². The van der Waals surface area contributed by atoms with Crippen LogP contribution in [0, 0.1) is 0 Å². The van der Waals surface area contributed by atoms with Crippen LogP contribution in [0.2, 0.25) is 0 Å². The average Bonchev–Trinajstić information content (AvgIpc) is 2.80. The maximum atomic E-state index is 5.41. The van der Waals surface area contributed by atoms with Crippen molar-refractivity contribution in [3.8, 4) is 0 Å². The molecule has 3 nitrogen and oxygen atoms in total. The van der Waals surface area contributed by atoms with E-state index >= 15 is 0 Å². The Balaban J connectivity index is 1.96. The van der Waals surface area contributed by atoms with Crippen LogP contribution in [0.5, 0.6) is 0 Å². The van der Waals surface area contributed by atoms with Crippen LogP contribution in [-0.2, 0) is 17.7 Å². The monoisotopic (exact) mass is 282 g/mol. The summed E-state index contributed by atoms with van der Waals surface area (Å²) in [7, 11) is 1.80. The average molecular weight is 282 g/mol. The molecule has 0 saturated heterocycles. The molecule has 0 amide bonds. The zero-order valence-corrected chi connectivity index (χ0v) is 13.3. The third kappa shape index (κ3) is 4.28. The maximum absolute atomic E-state index is 5.41. The molecule has 0 fully saturated rings. The molecule has 2 heterocycles. The Labute approximate surface area is 121 Å². The number of hydrogen-bond donors (Lipinski definition) is 1. The van der Waals surface area contributed by atoms with Crippen molar-refractivity contribution in [2.75, 3.05) is 26.8 Å². The van der Waals surface area contributed by atoms with Crippen molar-refractivity contribution in [3.63, 3.8) is 0 Å². The van der Waals surface area contributed by atoms with Crippen LogP contribution >= 0.6 is 11.3 Å². The van der Waals surface area contributed by atoms with E-state index < -0.39 is 0 Å². The molecule has 0 aromatic carbocycles. The van der Waals surface area contributed by atoms with Crippen molar-refractivity contribution >= 4 is 11.3 Å². The summed E-state index contributed by atoms with van der Waals surface area (Å²) in [5.74, 6) is 0. The number of methoxy groups -OCH3 is 1. The summed E-state index contributed by atoms with van der Waals surface area (Å²) in [5, 5.41) is 5.82. The van der Waals surface area contributed by atoms with Gasteiger partial charge in [0.05, 0.1) is 6.61 Å². The Morgan fingerprint density at radius 3 is 2.95 bits per heavy atom. The molecule has 1 aliphatic rings. The normalized spacial score (nSPS) is 18.3. The number of fused-ring (bicyclic) bond motifs is 1. The van der Waals surface area contributed by atoms with Gasteiger partial charge in [0.1, 0.15) is 0 Å². The zero-order valence-electron chi connectivity index (χ0n) is 12.5. The van der Waals surface area contributed by atoms with Gasteiger partial charge in [-0.3, -0.25) is 4.90 Å². The molecule has 108 valence electrons. The van der Waals surface area contributed by atoms with Crippen LogP contribution in [0.3, 0.4) is 0 Å². The van der Waals surface area contributed by atoms with Gasteiger partial charge in [-0.15, -0.1) is 11.3 Å². The SMILES string of the molecule is COCC(CNC(C)(C)C)N1CCc2sccc2C1. The predicted octanol–water partition coefficient (Wildman–Crippen LogP) is 2.51. The summed E-state index contributed by atoms with van der Waals surface area (Å²) < 4.78 is 5.41. The van der Waals surface area contributed by atoms with Gasteiger partial charge in [0.15, 0.2) is 0 Å². The second-order valence-corrected chi connectivity index (χ2v) is 7.33. The van der Waals surface area contributed by atoms with E-state index in [1.165, 1.54) is 12.0 Å². The van der Waals surface area contributed by atoms with Gasteiger partial charge in [-0.1, -0.05) is 0 Å². The Morgan fingerprint density at radius 1 is 1.47 bits per heavy atom. The molecule has 1 aliphatic heterocycles. The van der Waals surface area contributed by atoms with E-state index in [9.17, 15) is 0 Å². The number of nitrogens with one attached hydrogen (secondary N) is 1. The minimum absolute atomic E-state index is 0.162. The molecule has 1 aromatic rings.